The third-order valence-electron chi connectivity index (χ3n) is 10.7. The number of carbonyl (C=O) groups is 5. The Kier molecular flexibility index (Phi) is 9.83. The highest BCUT2D eigenvalue weighted by Crippen LogP contribution is 2.40. The second-order valence-corrected chi connectivity index (χ2v) is 15.8. The van der Waals surface area contributed by atoms with E-state index in [1.165, 1.54) is 4.88 Å². The van der Waals surface area contributed by atoms with E-state index in [9.17, 15) is 24.0 Å². The molecule has 1 unspecified atom stereocenters. The van der Waals surface area contributed by atoms with E-state index in [-0.39, 0.29) is 30.7 Å². The van der Waals surface area contributed by atoms with Crippen molar-refractivity contribution in [1.29, 1.82) is 0 Å². The molecule has 2 atom stereocenters. The van der Waals surface area contributed by atoms with Gasteiger partial charge in [-0.05, 0) is 82.5 Å². The Morgan fingerprint density at radius 2 is 1.73 bits per heavy atom. The Labute approximate surface area is 327 Å². The van der Waals surface area contributed by atoms with Gasteiger partial charge in [-0.25, -0.2) is 0 Å². The Hall–Kier alpha value is -6.02. The van der Waals surface area contributed by atoms with Gasteiger partial charge < -0.3 is 10.1 Å². The molecule has 3 aromatic carbocycles. The maximum atomic E-state index is 13.7. The van der Waals surface area contributed by atoms with Crippen LogP contribution in [0.1, 0.15) is 104 Å². The van der Waals surface area contributed by atoms with Gasteiger partial charge in [-0.1, -0.05) is 42.0 Å². The van der Waals surface area contributed by atoms with Crippen LogP contribution in [0.4, 0.5) is 0 Å². The number of nitrogens with one attached hydrogen (secondary N) is 2. The predicted molar refractivity (Wildman–Crippen MR) is 211 cm³/mol. The number of hydrogen-bond acceptors (Lipinski definition) is 10. The number of ether oxygens (including phenoxy) is 1. The van der Waals surface area contributed by atoms with E-state index in [2.05, 4.69) is 70.4 Å². The maximum absolute atomic E-state index is 13.7. The third kappa shape index (κ3) is 6.67. The molecule has 3 aliphatic rings. The molecule has 1 saturated heterocycles. The molecule has 1 fully saturated rings. The standard InChI is InChI=1S/C42H41N7O6S/c1-22-11-13-26(14-12-22)37-35-23(2)24(3)56-42(35)48-25(4)46-47-38(48)31(44-37)21-34(51)43-17-6-5-7-18-55-28-19-27-9-8-10-29-36(27)30(20-28)41(54)49(40(29)53)32-15-16-33(50)45-39(32)52/h8-14,19-20,31-32H,5-7,15-18,21H2,1-4H3,(H,43,51)(H,45,50,52)/t31-,32?/m0/s1. The Morgan fingerprint density at radius 1 is 0.946 bits per heavy atom. The van der Waals surface area contributed by atoms with Crippen molar-refractivity contribution >= 4 is 57.4 Å². The van der Waals surface area contributed by atoms with Gasteiger partial charge in [0.25, 0.3) is 11.8 Å². The number of unbranched alkanes of at least 4 members (excludes halogenated alkanes) is 2. The molecule has 2 N–H and O–H groups in total. The molecule has 3 aliphatic heterocycles. The number of piperidine rings is 1. The largest absolute Gasteiger partial charge is 0.494 e. The highest BCUT2D eigenvalue weighted by atomic mass is 32.1. The summed E-state index contributed by atoms with van der Waals surface area (Å²) in [6.45, 7) is 9.06. The Bertz CT molecular complexity index is 2480. The number of carbonyl (C=O) groups excluding carboxylic acids is 5. The molecule has 5 aromatic rings. The fourth-order valence-corrected chi connectivity index (χ4v) is 8.91. The smallest absolute Gasteiger partial charge is 0.262 e. The molecule has 5 amide bonds. The van der Waals surface area contributed by atoms with Crippen LogP contribution in [0, 0.1) is 27.7 Å². The number of nitrogens with zero attached hydrogens (tertiary/aromatic N) is 5. The summed E-state index contributed by atoms with van der Waals surface area (Å²) in [4.78, 5) is 72.3. The zero-order valence-electron chi connectivity index (χ0n) is 31.6. The summed E-state index contributed by atoms with van der Waals surface area (Å²) in [5, 5.41) is 16.4. The van der Waals surface area contributed by atoms with Crippen LogP contribution in [0.25, 0.3) is 15.8 Å². The monoisotopic (exact) mass is 771 g/mol. The van der Waals surface area contributed by atoms with Crippen molar-refractivity contribution in [3.8, 4) is 10.8 Å². The van der Waals surface area contributed by atoms with E-state index < -0.39 is 35.7 Å². The molecule has 13 nitrogen and oxygen atoms in total. The lowest BCUT2D eigenvalue weighted by molar-refractivity contribution is -0.136. The summed E-state index contributed by atoms with van der Waals surface area (Å²) < 4.78 is 8.13. The van der Waals surface area contributed by atoms with Crippen LogP contribution in [-0.2, 0) is 14.4 Å². The first-order chi connectivity index (χ1) is 27.0. The number of thiophene rings is 1. The molecule has 0 radical (unpaired) electrons. The summed E-state index contributed by atoms with van der Waals surface area (Å²) in [7, 11) is 0. The highest BCUT2D eigenvalue weighted by molar-refractivity contribution is 7.15. The van der Waals surface area contributed by atoms with Crippen molar-refractivity contribution in [3.63, 3.8) is 0 Å². The van der Waals surface area contributed by atoms with Crippen LogP contribution in [0.5, 0.6) is 5.75 Å². The number of aryl methyl sites for hydroxylation is 3. The van der Waals surface area contributed by atoms with Crippen molar-refractivity contribution in [3.05, 3.63) is 105 Å². The molecule has 8 rings (SSSR count). The van der Waals surface area contributed by atoms with Crippen LogP contribution < -0.4 is 15.4 Å². The molecule has 0 bridgehead atoms. The van der Waals surface area contributed by atoms with Crippen LogP contribution in [0.3, 0.4) is 0 Å². The summed E-state index contributed by atoms with van der Waals surface area (Å²) in [5.41, 5.74) is 5.81. The van der Waals surface area contributed by atoms with Crippen molar-refractivity contribution in [2.24, 2.45) is 4.99 Å². The number of benzene rings is 3. The Balaban J connectivity index is 0.888. The highest BCUT2D eigenvalue weighted by Gasteiger charge is 2.43. The quantitative estimate of drug-likeness (QED) is 0.126. The minimum atomic E-state index is -1.07. The summed E-state index contributed by atoms with van der Waals surface area (Å²) >= 11 is 1.69. The summed E-state index contributed by atoms with van der Waals surface area (Å²) in [6.07, 6.45) is 2.46. The number of rotatable bonds is 11. The molecule has 5 heterocycles. The van der Waals surface area contributed by atoms with Gasteiger partial charge in [-0.2, -0.15) is 0 Å². The van der Waals surface area contributed by atoms with Crippen molar-refractivity contribution in [1.82, 2.24) is 30.3 Å². The zero-order valence-corrected chi connectivity index (χ0v) is 32.4. The van der Waals surface area contributed by atoms with E-state index in [0.717, 1.165) is 56.5 Å². The van der Waals surface area contributed by atoms with Crippen molar-refractivity contribution < 1.29 is 28.7 Å². The number of fused-ring (bicyclic) bond motifs is 3. The molecule has 286 valence electrons. The van der Waals surface area contributed by atoms with Gasteiger partial charge in [0.2, 0.25) is 17.7 Å². The number of aromatic nitrogens is 3. The normalized spacial score (nSPS) is 17.6. The van der Waals surface area contributed by atoms with Crippen LogP contribution in [0.2, 0.25) is 0 Å². The number of aliphatic imine (C=N–C) groups is 1. The van der Waals surface area contributed by atoms with Crippen LogP contribution in [0.15, 0.2) is 59.6 Å². The average Bonchev–Trinajstić information content (AvgIpc) is 3.65. The van der Waals surface area contributed by atoms with Gasteiger partial charge in [0.15, 0.2) is 5.82 Å². The van der Waals surface area contributed by atoms with E-state index in [4.69, 9.17) is 9.73 Å². The summed E-state index contributed by atoms with van der Waals surface area (Å²) in [5.74, 6) is -0.484. The maximum Gasteiger partial charge on any atom is 0.262 e. The molecule has 14 heteroatoms. The van der Waals surface area contributed by atoms with E-state index in [0.29, 0.717) is 47.5 Å². The number of amides is 5. The minimum Gasteiger partial charge on any atom is -0.494 e. The topological polar surface area (TPSA) is 165 Å². The van der Waals surface area contributed by atoms with Gasteiger partial charge in [0, 0.05) is 39.9 Å². The van der Waals surface area contributed by atoms with Gasteiger partial charge in [-0.3, -0.25) is 43.7 Å². The minimum absolute atomic E-state index is 0.0431. The molecule has 0 aliphatic carbocycles. The number of hydrogen-bond donors (Lipinski definition) is 2. The van der Waals surface area contributed by atoms with E-state index in [1.807, 2.05) is 13.0 Å². The SMILES string of the molecule is Cc1ccc(C2=N[C@@H](CC(=O)NCCCCCOc3cc4c5c(cccc5c3)C(=O)N(C3CCC(=O)NC3=O)C4=O)c3nnc(C)n3-c3sc(C)c(C)c32)cc1. The molecule has 2 aromatic heterocycles. The van der Waals surface area contributed by atoms with Gasteiger partial charge in [0.05, 0.1) is 24.3 Å². The summed E-state index contributed by atoms with van der Waals surface area (Å²) in [6, 6.07) is 15.3. The third-order valence-corrected chi connectivity index (χ3v) is 11.9. The first-order valence-electron chi connectivity index (χ1n) is 18.9. The predicted octanol–water partition coefficient (Wildman–Crippen LogP) is 5.76. The van der Waals surface area contributed by atoms with E-state index in [1.54, 1.807) is 35.6 Å². The van der Waals surface area contributed by atoms with Gasteiger partial charge in [0.1, 0.15) is 28.7 Å². The van der Waals surface area contributed by atoms with E-state index >= 15 is 0 Å². The molecule has 0 saturated carbocycles. The molecular weight excluding hydrogens is 731 g/mol. The van der Waals surface area contributed by atoms with Crippen molar-refractivity contribution in [2.75, 3.05) is 13.2 Å². The second kappa shape index (κ2) is 14.9. The average molecular weight is 772 g/mol. The lowest BCUT2D eigenvalue weighted by Crippen LogP contribution is -2.57. The van der Waals surface area contributed by atoms with Gasteiger partial charge >= 0.3 is 0 Å². The number of imide groups is 2. The second-order valence-electron chi connectivity index (χ2n) is 14.5. The fraction of sp³-hybridized carbons (Fsp3) is 0.333. The first-order valence-corrected chi connectivity index (χ1v) is 19.7. The molecule has 0 spiro atoms. The lowest BCUT2D eigenvalue weighted by atomic mass is 9.91. The van der Waals surface area contributed by atoms with Crippen molar-refractivity contribution in [2.45, 2.75) is 78.3 Å². The van der Waals surface area contributed by atoms with Crippen LogP contribution in [-0.4, -0.2) is 74.1 Å². The first kappa shape index (κ1) is 36.9. The van der Waals surface area contributed by atoms with Crippen LogP contribution >= 0.6 is 11.3 Å². The molecule has 56 heavy (non-hydrogen) atoms. The lowest BCUT2D eigenvalue weighted by Gasteiger charge is -2.34. The fourth-order valence-electron chi connectivity index (χ4n) is 7.70. The Morgan fingerprint density at radius 3 is 2.52 bits per heavy atom. The van der Waals surface area contributed by atoms with Gasteiger partial charge in [-0.15, -0.1) is 21.5 Å². The zero-order chi connectivity index (χ0) is 39.2. The molecular formula is C42H41N7O6S.